The van der Waals surface area contributed by atoms with Crippen molar-refractivity contribution in [1.82, 2.24) is 10.0 Å². The molecule has 0 fully saturated rings. The van der Waals surface area contributed by atoms with Gasteiger partial charge in [0.2, 0.25) is 15.9 Å². The van der Waals surface area contributed by atoms with Crippen LogP contribution in [0, 0.1) is 0 Å². The molecule has 6 nitrogen and oxygen atoms in total. The Labute approximate surface area is 160 Å². The Kier molecular flexibility index (Phi) is 7.72. The van der Waals surface area contributed by atoms with Crippen LogP contribution >= 0.6 is 0 Å². The summed E-state index contributed by atoms with van der Waals surface area (Å²) in [5.41, 5.74) is 2.78. The highest BCUT2D eigenvalue weighted by Crippen LogP contribution is 2.11. The van der Waals surface area contributed by atoms with Crippen molar-refractivity contribution in [3.8, 4) is 0 Å². The summed E-state index contributed by atoms with van der Waals surface area (Å²) in [6.45, 7) is 3.00. The molecular formula is C20H24N2O4S. The Balaban J connectivity index is 1.92. The van der Waals surface area contributed by atoms with Gasteiger partial charge in [-0.2, -0.15) is 0 Å². The molecule has 0 bridgehead atoms. The van der Waals surface area contributed by atoms with Gasteiger partial charge < -0.3 is 10.1 Å². The van der Waals surface area contributed by atoms with Crippen molar-refractivity contribution < 1.29 is 17.9 Å². The molecule has 2 aromatic carbocycles. The van der Waals surface area contributed by atoms with Crippen LogP contribution in [0.3, 0.4) is 0 Å². The van der Waals surface area contributed by atoms with Gasteiger partial charge in [-0.1, -0.05) is 43.3 Å². The van der Waals surface area contributed by atoms with E-state index >= 15 is 0 Å². The van der Waals surface area contributed by atoms with E-state index in [9.17, 15) is 13.2 Å². The van der Waals surface area contributed by atoms with Crippen LogP contribution in [0.5, 0.6) is 0 Å². The van der Waals surface area contributed by atoms with Gasteiger partial charge in [-0.3, -0.25) is 4.79 Å². The van der Waals surface area contributed by atoms with Crippen LogP contribution in [0.25, 0.3) is 6.08 Å². The summed E-state index contributed by atoms with van der Waals surface area (Å²) < 4.78 is 31.3. The molecule has 0 radical (unpaired) electrons. The molecule has 2 N–H and O–H groups in total. The number of sulfonamides is 1. The highest BCUT2D eigenvalue weighted by atomic mass is 32.2. The SMILES string of the molecule is CCNS(=O)(=O)c1ccc(/C=C/C(=O)NCc2cccc(COC)c2)cc1. The number of hydrogen-bond donors (Lipinski definition) is 2. The van der Waals surface area contributed by atoms with Crippen molar-refractivity contribution in [2.75, 3.05) is 13.7 Å². The second-order valence-corrected chi connectivity index (χ2v) is 7.64. The first kappa shape index (κ1) is 20.8. The summed E-state index contributed by atoms with van der Waals surface area (Å²) in [5.74, 6) is -0.225. The molecule has 0 spiro atoms. The predicted molar refractivity (Wildman–Crippen MR) is 105 cm³/mol. The summed E-state index contributed by atoms with van der Waals surface area (Å²) in [6, 6.07) is 14.1. The predicted octanol–water partition coefficient (Wildman–Crippen LogP) is 2.46. The molecule has 1 amide bonds. The molecule has 0 aliphatic rings. The average Bonchev–Trinajstić information content (AvgIpc) is 2.65. The number of carbonyl (C=O) groups is 1. The van der Waals surface area contributed by atoms with E-state index in [1.165, 1.54) is 18.2 Å². The topological polar surface area (TPSA) is 84.5 Å². The first-order valence-electron chi connectivity index (χ1n) is 8.57. The lowest BCUT2D eigenvalue weighted by atomic mass is 10.1. The fourth-order valence-corrected chi connectivity index (χ4v) is 3.49. The van der Waals surface area contributed by atoms with Crippen molar-refractivity contribution in [2.24, 2.45) is 0 Å². The smallest absolute Gasteiger partial charge is 0.244 e. The zero-order chi connectivity index (χ0) is 19.7. The largest absolute Gasteiger partial charge is 0.380 e. The molecule has 0 aliphatic carbocycles. The van der Waals surface area contributed by atoms with Crippen molar-refractivity contribution >= 4 is 22.0 Å². The summed E-state index contributed by atoms with van der Waals surface area (Å²) in [5, 5.41) is 2.82. The number of nitrogens with one attached hydrogen (secondary N) is 2. The van der Waals surface area contributed by atoms with Gasteiger partial charge >= 0.3 is 0 Å². The van der Waals surface area contributed by atoms with Crippen molar-refractivity contribution in [1.29, 1.82) is 0 Å². The Bertz CT molecular complexity index is 890. The second kappa shape index (κ2) is 10.0. The number of methoxy groups -OCH3 is 1. The monoisotopic (exact) mass is 388 g/mol. The maximum atomic E-state index is 12.0. The van der Waals surface area contributed by atoms with E-state index in [1.807, 2.05) is 24.3 Å². The van der Waals surface area contributed by atoms with Crippen LogP contribution in [0.1, 0.15) is 23.6 Å². The lowest BCUT2D eigenvalue weighted by molar-refractivity contribution is -0.116. The molecule has 0 aliphatic heterocycles. The third-order valence-corrected chi connectivity index (χ3v) is 5.28. The maximum Gasteiger partial charge on any atom is 0.244 e. The summed E-state index contributed by atoms with van der Waals surface area (Å²) in [6.07, 6.45) is 3.06. The first-order valence-corrected chi connectivity index (χ1v) is 10.1. The fourth-order valence-electron chi connectivity index (χ4n) is 2.45. The molecule has 0 aromatic heterocycles. The number of rotatable bonds is 9. The van der Waals surface area contributed by atoms with Crippen LogP contribution < -0.4 is 10.0 Å². The van der Waals surface area contributed by atoms with Crippen molar-refractivity contribution in [3.05, 3.63) is 71.3 Å². The molecule has 0 saturated carbocycles. The van der Waals surface area contributed by atoms with Gasteiger partial charge in [0.15, 0.2) is 0 Å². The van der Waals surface area contributed by atoms with Gasteiger partial charge in [-0.15, -0.1) is 0 Å². The van der Waals surface area contributed by atoms with E-state index in [2.05, 4.69) is 10.0 Å². The molecule has 0 heterocycles. The quantitative estimate of drug-likeness (QED) is 0.647. The van der Waals surface area contributed by atoms with Gasteiger partial charge in [0, 0.05) is 26.3 Å². The number of hydrogen-bond acceptors (Lipinski definition) is 4. The first-order chi connectivity index (χ1) is 12.9. The number of amides is 1. The lowest BCUT2D eigenvalue weighted by Crippen LogP contribution is -2.23. The standard InChI is InChI=1S/C20H24N2O4S/c1-3-22-27(24,25)19-10-7-16(8-11-19)9-12-20(23)21-14-17-5-4-6-18(13-17)15-26-2/h4-13,22H,3,14-15H2,1-2H3,(H,21,23)/b12-9+. The number of benzene rings is 2. The molecule has 0 saturated heterocycles. The molecule has 0 atom stereocenters. The Hall–Kier alpha value is -2.48. The molecule has 144 valence electrons. The van der Waals surface area contributed by atoms with E-state index in [0.29, 0.717) is 19.7 Å². The summed E-state index contributed by atoms with van der Waals surface area (Å²) in [4.78, 5) is 12.2. The maximum absolute atomic E-state index is 12.0. The molecule has 0 unspecified atom stereocenters. The molecule has 7 heteroatoms. The molecule has 2 rings (SSSR count). The normalized spacial score (nSPS) is 11.6. The van der Waals surface area contributed by atoms with E-state index in [-0.39, 0.29) is 10.8 Å². The zero-order valence-electron chi connectivity index (χ0n) is 15.4. The van der Waals surface area contributed by atoms with E-state index in [0.717, 1.165) is 16.7 Å². The third kappa shape index (κ3) is 6.63. The van der Waals surface area contributed by atoms with Crippen molar-refractivity contribution in [2.45, 2.75) is 25.0 Å². The van der Waals surface area contributed by atoms with Crippen LogP contribution in [0.2, 0.25) is 0 Å². The fraction of sp³-hybridized carbons (Fsp3) is 0.250. The summed E-state index contributed by atoms with van der Waals surface area (Å²) in [7, 11) is -1.83. The minimum absolute atomic E-state index is 0.196. The van der Waals surface area contributed by atoms with E-state index in [4.69, 9.17) is 4.74 Å². The van der Waals surface area contributed by atoms with Gasteiger partial charge in [0.25, 0.3) is 0 Å². The summed E-state index contributed by atoms with van der Waals surface area (Å²) >= 11 is 0. The lowest BCUT2D eigenvalue weighted by Gasteiger charge is -2.06. The second-order valence-electron chi connectivity index (χ2n) is 5.87. The minimum Gasteiger partial charge on any atom is -0.380 e. The van der Waals surface area contributed by atoms with Crippen LogP contribution in [0.4, 0.5) is 0 Å². The molecule has 2 aromatic rings. The van der Waals surface area contributed by atoms with Gasteiger partial charge in [0.05, 0.1) is 11.5 Å². The third-order valence-electron chi connectivity index (χ3n) is 3.72. The molecule has 27 heavy (non-hydrogen) atoms. The average molecular weight is 388 g/mol. The molecular weight excluding hydrogens is 364 g/mol. The zero-order valence-corrected chi connectivity index (χ0v) is 16.3. The van der Waals surface area contributed by atoms with Crippen LogP contribution in [0.15, 0.2) is 59.5 Å². The van der Waals surface area contributed by atoms with Gasteiger partial charge in [-0.25, -0.2) is 13.1 Å². The van der Waals surface area contributed by atoms with Crippen molar-refractivity contribution in [3.63, 3.8) is 0 Å². The highest BCUT2D eigenvalue weighted by molar-refractivity contribution is 7.89. The highest BCUT2D eigenvalue weighted by Gasteiger charge is 2.11. The van der Waals surface area contributed by atoms with Crippen LogP contribution in [-0.4, -0.2) is 28.0 Å². The van der Waals surface area contributed by atoms with E-state index in [1.54, 1.807) is 32.2 Å². The Morgan fingerprint density at radius 3 is 2.48 bits per heavy atom. The van der Waals surface area contributed by atoms with Gasteiger partial charge in [-0.05, 0) is 34.9 Å². The van der Waals surface area contributed by atoms with Gasteiger partial charge in [0.1, 0.15) is 0 Å². The Morgan fingerprint density at radius 1 is 1.11 bits per heavy atom. The minimum atomic E-state index is -3.47. The Morgan fingerprint density at radius 2 is 1.81 bits per heavy atom. The number of carbonyl (C=O) groups excluding carboxylic acids is 1. The van der Waals surface area contributed by atoms with E-state index < -0.39 is 10.0 Å². The number of ether oxygens (including phenoxy) is 1. The van der Waals surface area contributed by atoms with Crippen LogP contribution in [-0.2, 0) is 32.7 Å².